The third kappa shape index (κ3) is 6.92. The van der Waals surface area contributed by atoms with Crippen LogP contribution < -0.4 is 21.7 Å². The number of ether oxygens (including phenoxy) is 1. The molecular formula is C18H29BrMgO. The molecule has 116 valence electrons. The molecule has 0 N–H and O–H groups in total. The number of halogens is 1. The van der Waals surface area contributed by atoms with Crippen LogP contribution in [0.25, 0.3) is 0 Å². The van der Waals surface area contributed by atoms with Crippen LogP contribution in [0.3, 0.4) is 0 Å². The fourth-order valence-electron chi connectivity index (χ4n) is 2.07. The van der Waals surface area contributed by atoms with Crippen molar-refractivity contribution in [1.82, 2.24) is 0 Å². The maximum atomic E-state index is 6.14. The van der Waals surface area contributed by atoms with Crippen LogP contribution in [0.2, 0.25) is 0 Å². The topological polar surface area (TPSA) is 9.23 Å². The molecule has 0 saturated heterocycles. The molecule has 1 rings (SSSR count). The average molecular weight is 366 g/mol. The van der Waals surface area contributed by atoms with Gasteiger partial charge in [-0.25, -0.2) is 0 Å². The van der Waals surface area contributed by atoms with Gasteiger partial charge in [-0.3, -0.25) is 0 Å². The molecule has 1 aromatic rings. The summed E-state index contributed by atoms with van der Waals surface area (Å²) in [4.78, 5) is 0. The van der Waals surface area contributed by atoms with Crippen molar-refractivity contribution in [2.24, 2.45) is 0 Å². The van der Waals surface area contributed by atoms with Gasteiger partial charge in [-0.15, -0.1) is 11.1 Å². The molecule has 3 heteroatoms. The normalized spacial score (nSPS) is 11.4. The number of hydrogen-bond donors (Lipinski definition) is 0. The number of rotatable bonds is 4. The summed E-state index contributed by atoms with van der Waals surface area (Å²) in [6, 6.07) is 7.45. The van der Waals surface area contributed by atoms with Crippen LogP contribution >= 0.6 is 0 Å². The van der Waals surface area contributed by atoms with Gasteiger partial charge in [0.1, 0.15) is 0 Å². The number of unbranched alkanes of at least 4 members (excludes halogenated alkanes) is 1. The minimum Gasteiger partial charge on any atom is -1.00 e. The van der Waals surface area contributed by atoms with Crippen molar-refractivity contribution in [2.45, 2.75) is 72.1 Å². The van der Waals surface area contributed by atoms with Crippen LogP contribution in [0.15, 0.2) is 12.1 Å². The molecule has 0 aliphatic carbocycles. The van der Waals surface area contributed by atoms with Crippen LogP contribution in [0.1, 0.15) is 72.4 Å². The molecule has 0 radical (unpaired) electrons. The van der Waals surface area contributed by atoms with Gasteiger partial charge in [0.2, 0.25) is 0 Å². The Bertz CT molecular complexity index is 384. The number of hydrogen-bond acceptors (Lipinski definition) is 1. The van der Waals surface area contributed by atoms with E-state index in [0.717, 1.165) is 25.2 Å². The predicted molar refractivity (Wildman–Crippen MR) is 88.8 cm³/mol. The van der Waals surface area contributed by atoms with Crippen molar-refractivity contribution in [3.05, 3.63) is 29.3 Å². The van der Waals surface area contributed by atoms with E-state index in [-0.39, 0.29) is 50.9 Å². The third-order valence-corrected chi connectivity index (χ3v) is 3.30. The summed E-state index contributed by atoms with van der Waals surface area (Å²) in [6.07, 6.45) is 2.26. The van der Waals surface area contributed by atoms with Crippen LogP contribution in [-0.2, 0) is 10.8 Å². The molecule has 1 nitrogen and oxygen atoms in total. The van der Waals surface area contributed by atoms with Crippen LogP contribution in [0.5, 0.6) is 5.75 Å². The summed E-state index contributed by atoms with van der Waals surface area (Å²) in [5.74, 6) is 1.08. The summed E-state index contributed by atoms with van der Waals surface area (Å²) in [5, 5.41) is 0. The van der Waals surface area contributed by atoms with E-state index in [9.17, 15) is 0 Å². The van der Waals surface area contributed by atoms with Gasteiger partial charge in [-0.1, -0.05) is 65.7 Å². The van der Waals surface area contributed by atoms with Crippen LogP contribution in [-0.4, -0.2) is 29.7 Å². The standard InChI is InChI=1S/C18H29O.BrH.Mg/c1-8-9-13-19-16-14(17(2,3)4)11-10-12-15(16)18(5,6)7;;/h11-12H,8-9,13H2,1-7H3;1H;/q-1;;+2/p-1. The zero-order valence-electron chi connectivity index (χ0n) is 14.8. The largest absolute Gasteiger partial charge is 2.00 e. The van der Waals surface area contributed by atoms with E-state index in [4.69, 9.17) is 4.74 Å². The molecule has 0 spiro atoms. The van der Waals surface area contributed by atoms with E-state index in [2.05, 4.69) is 66.7 Å². The second-order valence-corrected chi connectivity index (χ2v) is 7.31. The van der Waals surface area contributed by atoms with Gasteiger partial charge in [0, 0.05) is 5.75 Å². The SMILES string of the molecule is CCCCOc1c(C(C)(C)C)c[c-]cc1C(C)(C)C.[Br-].[Mg+2]. The predicted octanol–water partition coefficient (Wildman–Crippen LogP) is 1.88. The second-order valence-electron chi connectivity index (χ2n) is 7.31. The molecule has 0 unspecified atom stereocenters. The van der Waals surface area contributed by atoms with E-state index in [1.807, 2.05) is 0 Å². The molecule has 0 fully saturated rings. The van der Waals surface area contributed by atoms with Gasteiger partial charge >= 0.3 is 23.1 Å². The first kappa shape index (κ1) is 23.5. The van der Waals surface area contributed by atoms with Gasteiger partial charge in [-0.05, 0) is 6.42 Å². The molecule has 0 bridgehead atoms. The monoisotopic (exact) mass is 364 g/mol. The van der Waals surface area contributed by atoms with Gasteiger partial charge in [0.25, 0.3) is 0 Å². The summed E-state index contributed by atoms with van der Waals surface area (Å²) >= 11 is 0. The van der Waals surface area contributed by atoms with Gasteiger partial charge in [-0.2, -0.15) is 18.2 Å². The molecule has 0 atom stereocenters. The van der Waals surface area contributed by atoms with Crippen LogP contribution in [0.4, 0.5) is 0 Å². The average Bonchev–Trinajstić information content (AvgIpc) is 2.26. The molecule has 0 aliphatic heterocycles. The minimum absolute atomic E-state index is 0. The Morgan fingerprint density at radius 1 is 0.952 bits per heavy atom. The van der Waals surface area contributed by atoms with E-state index in [1.165, 1.54) is 11.1 Å². The second kappa shape index (κ2) is 9.42. The van der Waals surface area contributed by atoms with Gasteiger partial charge in [0.05, 0.1) is 6.61 Å². The van der Waals surface area contributed by atoms with Crippen molar-refractivity contribution in [3.8, 4) is 5.75 Å². The van der Waals surface area contributed by atoms with Crippen molar-refractivity contribution in [1.29, 1.82) is 0 Å². The summed E-state index contributed by atoms with van der Waals surface area (Å²) in [5.41, 5.74) is 2.69. The summed E-state index contributed by atoms with van der Waals surface area (Å²) in [6.45, 7) is 16.4. The quantitative estimate of drug-likeness (QED) is 0.450. The van der Waals surface area contributed by atoms with E-state index in [0.29, 0.717) is 0 Å². The molecule has 0 heterocycles. The molecule has 1 aromatic carbocycles. The molecular weight excluding hydrogens is 336 g/mol. The zero-order chi connectivity index (χ0) is 14.7. The maximum Gasteiger partial charge on any atom is 2.00 e. The minimum atomic E-state index is 0. The Morgan fingerprint density at radius 2 is 1.38 bits per heavy atom. The third-order valence-electron chi connectivity index (χ3n) is 3.30. The molecule has 21 heavy (non-hydrogen) atoms. The fraction of sp³-hybridized carbons (Fsp3) is 0.667. The Morgan fingerprint density at radius 3 is 1.71 bits per heavy atom. The molecule has 0 aromatic heterocycles. The van der Waals surface area contributed by atoms with Crippen molar-refractivity contribution in [2.75, 3.05) is 6.61 Å². The van der Waals surface area contributed by atoms with E-state index in [1.54, 1.807) is 0 Å². The van der Waals surface area contributed by atoms with Crippen molar-refractivity contribution in [3.63, 3.8) is 0 Å². The zero-order valence-corrected chi connectivity index (χ0v) is 17.8. The maximum absolute atomic E-state index is 6.14. The first-order valence-electron chi connectivity index (χ1n) is 7.35. The first-order chi connectivity index (χ1) is 8.68. The van der Waals surface area contributed by atoms with E-state index < -0.39 is 0 Å². The van der Waals surface area contributed by atoms with E-state index >= 15 is 0 Å². The van der Waals surface area contributed by atoms with Crippen molar-refractivity contribution < 1.29 is 21.7 Å². The van der Waals surface area contributed by atoms with Crippen LogP contribution in [0, 0.1) is 6.07 Å². The summed E-state index contributed by atoms with van der Waals surface area (Å²) < 4.78 is 6.14. The van der Waals surface area contributed by atoms with Gasteiger partial charge < -0.3 is 21.7 Å². The first-order valence-corrected chi connectivity index (χ1v) is 7.35. The Kier molecular flexibility index (Phi) is 10.6. The van der Waals surface area contributed by atoms with Gasteiger partial charge in [0.15, 0.2) is 0 Å². The molecule has 0 aliphatic rings. The number of benzene rings is 1. The Hall–Kier alpha value is 0.266. The van der Waals surface area contributed by atoms with Crippen molar-refractivity contribution >= 4 is 23.1 Å². The smallest absolute Gasteiger partial charge is 1.00 e. The fourth-order valence-corrected chi connectivity index (χ4v) is 2.07. The molecule has 0 amide bonds. The molecule has 0 saturated carbocycles. The Balaban J connectivity index is 0. The Labute approximate surface area is 158 Å². The summed E-state index contributed by atoms with van der Waals surface area (Å²) in [7, 11) is 0.